The van der Waals surface area contributed by atoms with E-state index in [1.54, 1.807) is 0 Å². The van der Waals surface area contributed by atoms with Crippen molar-refractivity contribution in [3.8, 4) is 0 Å². The van der Waals surface area contributed by atoms with Gasteiger partial charge >= 0.3 is 11.9 Å². The molecule has 0 radical (unpaired) electrons. The molecule has 2 amide bonds. The number of hydrogen-bond acceptors (Lipinski definition) is 5. The van der Waals surface area contributed by atoms with Gasteiger partial charge in [-0.3, -0.25) is 19.2 Å². The fourth-order valence-electron chi connectivity index (χ4n) is 1.40. The summed E-state index contributed by atoms with van der Waals surface area (Å²) in [5.74, 6) is -3.47. The third kappa shape index (κ3) is 6.69. The normalized spacial score (nSPS) is 13.2. The highest BCUT2D eigenvalue weighted by Crippen LogP contribution is 1.97. The molecule has 0 aliphatic rings. The topological polar surface area (TPSA) is 150 Å². The second kappa shape index (κ2) is 8.10. The SMILES string of the molecule is C[C@H](NC(=O)[C@@H](N)CCC(=O)O)C(=O)N(C)CC(=O)O. The fourth-order valence-corrected chi connectivity index (χ4v) is 1.40. The molecule has 0 saturated carbocycles. The Morgan fingerprint density at radius 2 is 1.75 bits per heavy atom. The standard InChI is InChI=1S/C11H19N3O6/c1-6(11(20)14(2)5-9(17)18)13-10(19)7(12)3-4-8(15)16/h6-7H,3-5,12H2,1-2H3,(H,13,19)(H,15,16)(H,17,18)/t6-,7-/m0/s1. The third-order valence-electron chi connectivity index (χ3n) is 2.48. The van der Waals surface area contributed by atoms with Crippen LogP contribution in [0.1, 0.15) is 19.8 Å². The van der Waals surface area contributed by atoms with Crippen LogP contribution in [0.4, 0.5) is 0 Å². The van der Waals surface area contributed by atoms with Crippen LogP contribution < -0.4 is 11.1 Å². The molecule has 0 aromatic heterocycles. The average molecular weight is 289 g/mol. The number of nitrogens with one attached hydrogen (secondary N) is 1. The van der Waals surface area contributed by atoms with Crippen molar-refractivity contribution in [3.63, 3.8) is 0 Å². The van der Waals surface area contributed by atoms with Gasteiger partial charge in [0.1, 0.15) is 12.6 Å². The number of carbonyl (C=O) groups excluding carboxylic acids is 2. The molecule has 0 heterocycles. The van der Waals surface area contributed by atoms with Gasteiger partial charge in [-0.05, 0) is 13.3 Å². The third-order valence-corrected chi connectivity index (χ3v) is 2.48. The Hall–Kier alpha value is -2.16. The molecule has 5 N–H and O–H groups in total. The first-order valence-corrected chi connectivity index (χ1v) is 5.89. The number of amides is 2. The second-order valence-electron chi connectivity index (χ2n) is 4.36. The maximum atomic E-state index is 11.7. The maximum absolute atomic E-state index is 11.7. The highest BCUT2D eigenvalue weighted by molar-refractivity contribution is 5.90. The molecule has 0 aromatic carbocycles. The predicted octanol–water partition coefficient (Wildman–Crippen LogP) is -1.77. The van der Waals surface area contributed by atoms with E-state index in [1.807, 2.05) is 0 Å². The Morgan fingerprint density at radius 3 is 2.20 bits per heavy atom. The first-order valence-electron chi connectivity index (χ1n) is 5.89. The van der Waals surface area contributed by atoms with Crippen molar-refractivity contribution in [2.45, 2.75) is 31.8 Å². The second-order valence-corrected chi connectivity index (χ2v) is 4.36. The number of rotatable bonds is 8. The number of carboxylic acid groups (broad SMARTS) is 2. The molecule has 0 saturated heterocycles. The van der Waals surface area contributed by atoms with E-state index in [0.29, 0.717) is 0 Å². The summed E-state index contributed by atoms with van der Waals surface area (Å²) in [4.78, 5) is 45.1. The zero-order valence-electron chi connectivity index (χ0n) is 11.3. The zero-order valence-corrected chi connectivity index (χ0v) is 11.3. The number of carbonyl (C=O) groups is 4. The van der Waals surface area contributed by atoms with E-state index < -0.39 is 42.4 Å². The fraction of sp³-hybridized carbons (Fsp3) is 0.636. The van der Waals surface area contributed by atoms with E-state index in [4.69, 9.17) is 15.9 Å². The van der Waals surface area contributed by atoms with Gasteiger partial charge < -0.3 is 26.2 Å². The molecular weight excluding hydrogens is 270 g/mol. The molecule has 0 fully saturated rings. The molecule has 0 aromatic rings. The van der Waals surface area contributed by atoms with Crippen molar-refractivity contribution in [1.82, 2.24) is 10.2 Å². The molecular formula is C11H19N3O6. The van der Waals surface area contributed by atoms with Crippen molar-refractivity contribution in [1.29, 1.82) is 0 Å². The molecule has 20 heavy (non-hydrogen) atoms. The smallest absolute Gasteiger partial charge is 0.323 e. The highest BCUT2D eigenvalue weighted by atomic mass is 16.4. The Bertz CT molecular complexity index is 398. The molecule has 0 spiro atoms. The summed E-state index contributed by atoms with van der Waals surface area (Å²) < 4.78 is 0. The summed E-state index contributed by atoms with van der Waals surface area (Å²) in [5.41, 5.74) is 5.48. The zero-order chi connectivity index (χ0) is 15.9. The van der Waals surface area contributed by atoms with Crippen LogP contribution in [0, 0.1) is 0 Å². The van der Waals surface area contributed by atoms with Crippen LogP contribution in [0.15, 0.2) is 0 Å². The number of likely N-dealkylation sites (N-methyl/N-ethyl adjacent to an activating group) is 1. The number of nitrogens with zero attached hydrogens (tertiary/aromatic N) is 1. The molecule has 0 aliphatic carbocycles. The van der Waals surface area contributed by atoms with Crippen molar-refractivity contribution < 1.29 is 29.4 Å². The van der Waals surface area contributed by atoms with E-state index in [0.717, 1.165) is 4.90 Å². The number of hydrogen-bond donors (Lipinski definition) is 4. The first-order chi connectivity index (χ1) is 9.15. The number of carboxylic acids is 2. The Labute approximate surface area is 115 Å². The monoisotopic (exact) mass is 289 g/mol. The summed E-state index contributed by atoms with van der Waals surface area (Å²) in [6, 6.07) is -1.98. The molecule has 0 bridgehead atoms. The van der Waals surface area contributed by atoms with Crippen LogP contribution in [0.25, 0.3) is 0 Å². The molecule has 2 atom stereocenters. The minimum atomic E-state index is -1.17. The van der Waals surface area contributed by atoms with Gasteiger partial charge in [0.05, 0.1) is 6.04 Å². The van der Waals surface area contributed by atoms with Gasteiger partial charge in [0.2, 0.25) is 11.8 Å². The van der Waals surface area contributed by atoms with Crippen LogP contribution in [0.5, 0.6) is 0 Å². The van der Waals surface area contributed by atoms with Crippen LogP contribution in [-0.2, 0) is 19.2 Å². The summed E-state index contributed by atoms with van der Waals surface area (Å²) in [5, 5.41) is 19.3. The lowest BCUT2D eigenvalue weighted by molar-refractivity contribution is -0.144. The van der Waals surface area contributed by atoms with Crippen LogP contribution in [0.3, 0.4) is 0 Å². The molecule has 0 rings (SSSR count). The van der Waals surface area contributed by atoms with E-state index in [-0.39, 0.29) is 12.8 Å². The highest BCUT2D eigenvalue weighted by Gasteiger charge is 2.23. The van der Waals surface area contributed by atoms with E-state index in [9.17, 15) is 19.2 Å². The summed E-state index contributed by atoms with van der Waals surface area (Å²) in [6.07, 6.45) is -0.303. The lowest BCUT2D eigenvalue weighted by Gasteiger charge is -2.21. The largest absolute Gasteiger partial charge is 0.481 e. The minimum absolute atomic E-state index is 0.0486. The average Bonchev–Trinajstić information content (AvgIpc) is 2.33. The molecule has 9 heteroatoms. The molecule has 114 valence electrons. The van der Waals surface area contributed by atoms with Gasteiger partial charge in [0.25, 0.3) is 0 Å². The maximum Gasteiger partial charge on any atom is 0.323 e. The van der Waals surface area contributed by atoms with Gasteiger partial charge in [-0.25, -0.2) is 0 Å². The van der Waals surface area contributed by atoms with Gasteiger partial charge in [-0.2, -0.15) is 0 Å². The van der Waals surface area contributed by atoms with Crippen molar-refractivity contribution in [2.75, 3.05) is 13.6 Å². The van der Waals surface area contributed by atoms with Gasteiger partial charge in [-0.1, -0.05) is 0 Å². The predicted molar refractivity (Wildman–Crippen MR) is 67.7 cm³/mol. The van der Waals surface area contributed by atoms with E-state index >= 15 is 0 Å². The van der Waals surface area contributed by atoms with E-state index in [2.05, 4.69) is 5.32 Å². The van der Waals surface area contributed by atoms with Crippen LogP contribution in [-0.4, -0.2) is 64.5 Å². The van der Waals surface area contributed by atoms with Crippen molar-refractivity contribution in [3.05, 3.63) is 0 Å². The van der Waals surface area contributed by atoms with Gasteiger partial charge in [0, 0.05) is 13.5 Å². The lowest BCUT2D eigenvalue weighted by Crippen LogP contribution is -2.51. The Balaban J connectivity index is 4.33. The Morgan fingerprint density at radius 1 is 1.20 bits per heavy atom. The summed E-state index contributed by atoms with van der Waals surface area (Å²) in [7, 11) is 1.30. The lowest BCUT2D eigenvalue weighted by atomic mass is 10.1. The Kier molecular flexibility index (Phi) is 7.22. The van der Waals surface area contributed by atoms with Crippen molar-refractivity contribution in [2.24, 2.45) is 5.73 Å². The molecule has 9 nitrogen and oxygen atoms in total. The quantitative estimate of drug-likeness (QED) is 0.412. The molecule has 0 aliphatic heterocycles. The number of nitrogens with two attached hydrogens (primary N) is 1. The minimum Gasteiger partial charge on any atom is -0.481 e. The van der Waals surface area contributed by atoms with Crippen LogP contribution >= 0.6 is 0 Å². The first kappa shape index (κ1) is 17.8. The van der Waals surface area contributed by atoms with Crippen LogP contribution in [0.2, 0.25) is 0 Å². The number of aliphatic carboxylic acids is 2. The van der Waals surface area contributed by atoms with Gasteiger partial charge in [0.15, 0.2) is 0 Å². The van der Waals surface area contributed by atoms with Gasteiger partial charge in [-0.15, -0.1) is 0 Å². The van der Waals surface area contributed by atoms with E-state index in [1.165, 1.54) is 14.0 Å². The molecule has 0 unspecified atom stereocenters. The summed E-state index contributed by atoms with van der Waals surface area (Å²) in [6.45, 7) is 0.909. The summed E-state index contributed by atoms with van der Waals surface area (Å²) >= 11 is 0. The van der Waals surface area contributed by atoms with Crippen molar-refractivity contribution >= 4 is 23.8 Å².